The van der Waals surface area contributed by atoms with Gasteiger partial charge < -0.3 is 14.4 Å². The van der Waals surface area contributed by atoms with Crippen molar-refractivity contribution in [1.29, 1.82) is 0 Å². The number of carbonyl (C=O) groups is 1. The second-order valence-corrected chi connectivity index (χ2v) is 8.10. The number of halogens is 1. The van der Waals surface area contributed by atoms with Crippen molar-refractivity contribution in [1.82, 2.24) is 4.90 Å². The van der Waals surface area contributed by atoms with Crippen LogP contribution in [-0.4, -0.2) is 15.9 Å². The van der Waals surface area contributed by atoms with Gasteiger partial charge in [0.2, 0.25) is 5.76 Å². The lowest BCUT2D eigenvalue weighted by Gasteiger charge is -2.25. The normalized spacial score (nSPS) is 15.5. The molecule has 1 amide bonds. The van der Waals surface area contributed by atoms with Crippen molar-refractivity contribution in [3.63, 3.8) is 0 Å². The number of aryl methyl sites for hydroxylation is 1. The van der Waals surface area contributed by atoms with Crippen LogP contribution in [0.3, 0.4) is 0 Å². The van der Waals surface area contributed by atoms with Crippen molar-refractivity contribution in [2.24, 2.45) is 0 Å². The van der Waals surface area contributed by atoms with Crippen LogP contribution in [0.4, 0.5) is 0 Å². The SMILES string of the molecule is Cc1ccc2oc3c(c(=O)c2c1)[C@@H](c1ccc(O)cc1)N(Cc1ccccc1Cl)C3=O. The second-order valence-electron chi connectivity index (χ2n) is 7.69. The summed E-state index contributed by atoms with van der Waals surface area (Å²) in [6.07, 6.45) is 0. The summed E-state index contributed by atoms with van der Waals surface area (Å²) in [5.74, 6) is -0.217. The highest BCUT2D eigenvalue weighted by molar-refractivity contribution is 6.31. The fourth-order valence-corrected chi connectivity index (χ4v) is 4.31. The van der Waals surface area contributed by atoms with Gasteiger partial charge in [0, 0.05) is 11.6 Å². The molecular weight excluding hydrogens is 414 g/mol. The van der Waals surface area contributed by atoms with E-state index >= 15 is 0 Å². The maximum absolute atomic E-state index is 13.5. The molecule has 0 fully saturated rings. The highest BCUT2D eigenvalue weighted by Gasteiger charge is 2.42. The number of nitrogens with zero attached hydrogens (tertiary/aromatic N) is 1. The molecule has 0 aliphatic carbocycles. The third-order valence-corrected chi connectivity index (χ3v) is 6.00. The van der Waals surface area contributed by atoms with Gasteiger partial charge in [-0.05, 0) is 48.4 Å². The molecule has 0 saturated heterocycles. The molecule has 0 saturated carbocycles. The molecule has 0 spiro atoms. The van der Waals surface area contributed by atoms with E-state index in [1.165, 1.54) is 12.1 Å². The van der Waals surface area contributed by atoms with E-state index in [0.717, 1.165) is 11.1 Å². The summed E-state index contributed by atoms with van der Waals surface area (Å²) in [6, 6.07) is 18.5. The van der Waals surface area contributed by atoms with Crippen molar-refractivity contribution < 1.29 is 14.3 Å². The summed E-state index contributed by atoms with van der Waals surface area (Å²) >= 11 is 6.35. The second kappa shape index (κ2) is 7.29. The molecule has 1 aromatic heterocycles. The first kappa shape index (κ1) is 19.4. The van der Waals surface area contributed by atoms with E-state index in [1.54, 1.807) is 35.2 Å². The van der Waals surface area contributed by atoms with Gasteiger partial charge >= 0.3 is 0 Å². The number of amides is 1. The molecule has 5 nitrogen and oxygen atoms in total. The van der Waals surface area contributed by atoms with Crippen molar-refractivity contribution >= 4 is 28.5 Å². The Hall–Kier alpha value is -3.57. The first-order valence-electron chi connectivity index (χ1n) is 9.84. The van der Waals surface area contributed by atoms with Gasteiger partial charge in [-0.2, -0.15) is 0 Å². The summed E-state index contributed by atoms with van der Waals surface area (Å²) in [6.45, 7) is 2.11. The van der Waals surface area contributed by atoms with Crippen LogP contribution >= 0.6 is 11.6 Å². The van der Waals surface area contributed by atoms with Gasteiger partial charge in [-0.25, -0.2) is 0 Å². The minimum atomic E-state index is -0.652. The van der Waals surface area contributed by atoms with E-state index in [-0.39, 0.29) is 29.4 Å². The number of carbonyl (C=O) groups excluding carboxylic acids is 1. The van der Waals surface area contributed by atoms with E-state index < -0.39 is 6.04 Å². The number of hydrogen-bond acceptors (Lipinski definition) is 4. The maximum Gasteiger partial charge on any atom is 0.291 e. The van der Waals surface area contributed by atoms with E-state index in [0.29, 0.717) is 27.1 Å². The minimum absolute atomic E-state index is 0.0477. The van der Waals surface area contributed by atoms with Crippen molar-refractivity contribution in [3.05, 3.63) is 110 Å². The van der Waals surface area contributed by atoms with E-state index in [2.05, 4.69) is 0 Å². The molecule has 1 N–H and O–H groups in total. The monoisotopic (exact) mass is 431 g/mol. The Bertz CT molecular complexity index is 1390. The van der Waals surface area contributed by atoms with E-state index in [1.807, 2.05) is 31.2 Å². The zero-order chi connectivity index (χ0) is 21.7. The van der Waals surface area contributed by atoms with E-state index in [9.17, 15) is 14.7 Å². The number of phenols is 1. The summed E-state index contributed by atoms with van der Waals surface area (Å²) in [7, 11) is 0. The van der Waals surface area contributed by atoms with Gasteiger partial charge in [0.1, 0.15) is 11.3 Å². The van der Waals surface area contributed by atoms with Crippen LogP contribution in [0.1, 0.15) is 38.9 Å². The first-order valence-corrected chi connectivity index (χ1v) is 10.2. The fourth-order valence-electron chi connectivity index (χ4n) is 4.11. The lowest BCUT2D eigenvalue weighted by atomic mass is 9.98. The van der Waals surface area contributed by atoms with Crippen LogP contribution in [0.2, 0.25) is 5.02 Å². The lowest BCUT2D eigenvalue weighted by molar-refractivity contribution is 0.0714. The molecule has 31 heavy (non-hydrogen) atoms. The maximum atomic E-state index is 13.5. The van der Waals surface area contributed by atoms with Crippen LogP contribution in [0.5, 0.6) is 5.75 Å². The van der Waals surface area contributed by atoms with Crippen molar-refractivity contribution in [2.75, 3.05) is 0 Å². The summed E-state index contributed by atoms with van der Waals surface area (Å²) in [5, 5.41) is 10.7. The van der Waals surface area contributed by atoms with Gasteiger partial charge in [-0.1, -0.05) is 53.6 Å². The molecular formula is C25H18ClNO4. The van der Waals surface area contributed by atoms with Gasteiger partial charge in [0.15, 0.2) is 5.43 Å². The fraction of sp³-hybridized carbons (Fsp3) is 0.120. The molecule has 4 aromatic rings. The van der Waals surface area contributed by atoms with Crippen LogP contribution in [0, 0.1) is 6.92 Å². The number of phenolic OH excluding ortho intramolecular Hbond substituents is 1. The Labute approximate surface area is 183 Å². The molecule has 154 valence electrons. The highest BCUT2D eigenvalue weighted by atomic mass is 35.5. The third-order valence-electron chi connectivity index (χ3n) is 5.63. The lowest BCUT2D eigenvalue weighted by Crippen LogP contribution is -2.29. The van der Waals surface area contributed by atoms with Crippen molar-refractivity contribution in [3.8, 4) is 5.75 Å². The Morgan fingerprint density at radius 1 is 1.03 bits per heavy atom. The summed E-state index contributed by atoms with van der Waals surface area (Å²) < 4.78 is 5.95. The average Bonchev–Trinajstić information content (AvgIpc) is 3.03. The highest BCUT2D eigenvalue weighted by Crippen LogP contribution is 2.40. The Morgan fingerprint density at radius 2 is 1.77 bits per heavy atom. The van der Waals surface area contributed by atoms with Gasteiger partial charge in [0.25, 0.3) is 5.91 Å². The van der Waals surface area contributed by atoms with Crippen LogP contribution in [0.25, 0.3) is 11.0 Å². The Balaban J connectivity index is 1.74. The minimum Gasteiger partial charge on any atom is -0.508 e. The molecule has 6 heteroatoms. The van der Waals surface area contributed by atoms with E-state index in [4.69, 9.17) is 16.0 Å². The average molecular weight is 432 g/mol. The number of rotatable bonds is 3. The topological polar surface area (TPSA) is 70.8 Å². The number of aromatic hydroxyl groups is 1. The standard InChI is InChI=1S/C25H18ClNO4/c1-14-6-11-20-18(12-14)23(29)21-22(15-7-9-17(28)10-8-15)27(25(30)24(21)31-20)13-16-4-2-3-5-19(16)26/h2-12,22,28H,13H2,1H3/t22-/m1/s1. The molecule has 1 atom stereocenters. The molecule has 3 aromatic carbocycles. The molecule has 1 aliphatic rings. The number of hydrogen-bond donors (Lipinski definition) is 1. The zero-order valence-electron chi connectivity index (χ0n) is 16.6. The predicted octanol–water partition coefficient (Wildman–Crippen LogP) is 5.21. The van der Waals surface area contributed by atoms with Gasteiger partial charge in [-0.15, -0.1) is 0 Å². The molecule has 0 radical (unpaired) electrons. The molecule has 0 unspecified atom stereocenters. The van der Waals surface area contributed by atoms with Gasteiger partial charge in [0.05, 0.1) is 17.0 Å². The third kappa shape index (κ3) is 3.18. The Kier molecular flexibility index (Phi) is 4.56. The quantitative estimate of drug-likeness (QED) is 0.483. The molecule has 0 bridgehead atoms. The number of fused-ring (bicyclic) bond motifs is 2. The van der Waals surface area contributed by atoms with Crippen LogP contribution in [-0.2, 0) is 6.54 Å². The Morgan fingerprint density at radius 3 is 2.52 bits per heavy atom. The molecule has 5 rings (SSSR count). The number of benzene rings is 3. The van der Waals surface area contributed by atoms with Crippen LogP contribution < -0.4 is 5.43 Å². The smallest absolute Gasteiger partial charge is 0.291 e. The van der Waals surface area contributed by atoms with Crippen molar-refractivity contribution in [2.45, 2.75) is 19.5 Å². The predicted molar refractivity (Wildman–Crippen MR) is 118 cm³/mol. The van der Waals surface area contributed by atoms with Gasteiger partial charge in [-0.3, -0.25) is 9.59 Å². The first-order chi connectivity index (χ1) is 14.9. The largest absolute Gasteiger partial charge is 0.508 e. The summed E-state index contributed by atoms with van der Waals surface area (Å²) in [4.78, 5) is 28.5. The molecule has 1 aliphatic heterocycles. The summed E-state index contributed by atoms with van der Waals surface area (Å²) in [5.41, 5.74) is 2.86. The molecule has 2 heterocycles. The van der Waals surface area contributed by atoms with Crippen LogP contribution in [0.15, 0.2) is 75.9 Å². The zero-order valence-corrected chi connectivity index (χ0v) is 17.4.